The Bertz CT molecular complexity index is 528. The van der Waals surface area contributed by atoms with Gasteiger partial charge in [-0.05, 0) is 30.4 Å². The van der Waals surface area contributed by atoms with E-state index in [1.165, 1.54) is 11.4 Å². The van der Waals surface area contributed by atoms with Crippen molar-refractivity contribution in [1.29, 1.82) is 0 Å². The Morgan fingerprint density at radius 3 is 2.26 bits per heavy atom. The Kier molecular flexibility index (Phi) is 3.98. The van der Waals surface area contributed by atoms with Gasteiger partial charge >= 0.3 is 0 Å². The molecule has 0 aliphatic heterocycles. The van der Waals surface area contributed by atoms with Gasteiger partial charge < -0.3 is 4.57 Å². The molecule has 4 heteroatoms. The van der Waals surface area contributed by atoms with E-state index in [1.54, 1.807) is 6.20 Å². The van der Waals surface area contributed by atoms with Gasteiger partial charge in [-0.3, -0.25) is 0 Å². The predicted octanol–water partition coefficient (Wildman–Crippen LogP) is 3.53. The fourth-order valence-electron chi connectivity index (χ4n) is 2.44. The maximum atomic E-state index is 4.61. The van der Waals surface area contributed by atoms with Gasteiger partial charge in [-0.1, -0.05) is 27.7 Å². The van der Waals surface area contributed by atoms with E-state index in [2.05, 4.69) is 54.4 Å². The van der Waals surface area contributed by atoms with Crippen LogP contribution >= 0.6 is 0 Å². The van der Waals surface area contributed by atoms with Gasteiger partial charge in [-0.25, -0.2) is 4.98 Å². The van der Waals surface area contributed by atoms with Gasteiger partial charge in [0.2, 0.25) is 0 Å². The second-order valence-corrected chi connectivity index (χ2v) is 5.58. The summed E-state index contributed by atoms with van der Waals surface area (Å²) in [5, 5.41) is 7.80. The standard InChI is InChI=1S/C15H22N4/c1-10(2)14-15(11(3)4)19(9-16-14)12(5)13-6-7-17-18-8-13/h6-12H,1-5H3. The molecule has 0 N–H and O–H groups in total. The zero-order valence-corrected chi connectivity index (χ0v) is 12.3. The Morgan fingerprint density at radius 1 is 1.00 bits per heavy atom. The topological polar surface area (TPSA) is 43.6 Å². The first-order chi connectivity index (χ1) is 9.02. The van der Waals surface area contributed by atoms with Crippen molar-refractivity contribution in [2.45, 2.75) is 52.5 Å². The number of imidazole rings is 1. The highest BCUT2D eigenvalue weighted by Gasteiger charge is 2.20. The molecule has 0 amide bonds. The van der Waals surface area contributed by atoms with E-state index < -0.39 is 0 Å². The molecule has 2 aromatic rings. The number of hydrogen-bond donors (Lipinski definition) is 0. The summed E-state index contributed by atoms with van der Waals surface area (Å²) in [5.74, 6) is 0.901. The van der Waals surface area contributed by atoms with Crippen LogP contribution in [-0.2, 0) is 0 Å². The zero-order chi connectivity index (χ0) is 14.0. The molecule has 0 aromatic carbocycles. The molecule has 2 heterocycles. The lowest BCUT2D eigenvalue weighted by Gasteiger charge is -2.20. The van der Waals surface area contributed by atoms with Crippen molar-refractivity contribution in [3.05, 3.63) is 41.7 Å². The second-order valence-electron chi connectivity index (χ2n) is 5.58. The molecule has 19 heavy (non-hydrogen) atoms. The van der Waals surface area contributed by atoms with Gasteiger partial charge in [0.25, 0.3) is 0 Å². The van der Waals surface area contributed by atoms with Crippen molar-refractivity contribution >= 4 is 0 Å². The molecular weight excluding hydrogens is 236 g/mol. The first-order valence-electron chi connectivity index (χ1n) is 6.85. The van der Waals surface area contributed by atoms with Gasteiger partial charge in [0.1, 0.15) is 0 Å². The van der Waals surface area contributed by atoms with Crippen LogP contribution in [0.2, 0.25) is 0 Å². The van der Waals surface area contributed by atoms with Crippen LogP contribution in [-0.4, -0.2) is 19.7 Å². The van der Waals surface area contributed by atoms with Crippen molar-refractivity contribution < 1.29 is 0 Å². The molecule has 0 fully saturated rings. The fraction of sp³-hybridized carbons (Fsp3) is 0.533. The van der Waals surface area contributed by atoms with Gasteiger partial charge in [0.15, 0.2) is 0 Å². The summed E-state index contributed by atoms with van der Waals surface area (Å²) in [5.41, 5.74) is 3.67. The van der Waals surface area contributed by atoms with Crippen molar-refractivity contribution in [2.24, 2.45) is 0 Å². The molecule has 0 aliphatic carbocycles. The maximum Gasteiger partial charge on any atom is 0.0957 e. The minimum atomic E-state index is 0.230. The molecule has 1 atom stereocenters. The normalized spacial score (nSPS) is 13.2. The lowest BCUT2D eigenvalue weighted by Crippen LogP contribution is -2.12. The quantitative estimate of drug-likeness (QED) is 0.842. The molecule has 2 rings (SSSR count). The Morgan fingerprint density at radius 2 is 1.74 bits per heavy atom. The molecule has 0 bridgehead atoms. The summed E-state index contributed by atoms with van der Waals surface area (Å²) in [6, 6.07) is 2.24. The minimum Gasteiger partial charge on any atom is -0.327 e. The molecule has 4 nitrogen and oxygen atoms in total. The van der Waals surface area contributed by atoms with Crippen LogP contribution in [0.5, 0.6) is 0 Å². The maximum absolute atomic E-state index is 4.61. The molecule has 0 aliphatic rings. The summed E-state index contributed by atoms with van der Waals surface area (Å²) in [4.78, 5) is 4.61. The fourth-order valence-corrected chi connectivity index (χ4v) is 2.44. The van der Waals surface area contributed by atoms with Gasteiger partial charge in [-0.15, -0.1) is 0 Å². The third kappa shape index (κ3) is 2.67. The van der Waals surface area contributed by atoms with Crippen LogP contribution in [0.25, 0.3) is 0 Å². The molecular formula is C15H22N4. The summed E-state index contributed by atoms with van der Waals surface area (Å²) in [7, 11) is 0. The van der Waals surface area contributed by atoms with E-state index in [4.69, 9.17) is 0 Å². The third-order valence-corrected chi connectivity index (χ3v) is 3.46. The smallest absolute Gasteiger partial charge is 0.0957 e. The average Bonchev–Trinajstić information content (AvgIpc) is 2.83. The summed E-state index contributed by atoms with van der Waals surface area (Å²) < 4.78 is 2.26. The van der Waals surface area contributed by atoms with Gasteiger partial charge in [-0.2, -0.15) is 10.2 Å². The third-order valence-electron chi connectivity index (χ3n) is 3.46. The van der Waals surface area contributed by atoms with Crippen molar-refractivity contribution in [3.8, 4) is 0 Å². The Labute approximate surface area is 114 Å². The first kappa shape index (κ1) is 13.7. The summed E-state index contributed by atoms with van der Waals surface area (Å²) >= 11 is 0. The second kappa shape index (κ2) is 5.51. The molecule has 102 valence electrons. The van der Waals surface area contributed by atoms with Crippen molar-refractivity contribution in [3.63, 3.8) is 0 Å². The van der Waals surface area contributed by atoms with E-state index in [0.717, 1.165) is 5.56 Å². The summed E-state index contributed by atoms with van der Waals surface area (Å²) in [6.07, 6.45) is 5.51. The average molecular weight is 258 g/mol. The van der Waals surface area contributed by atoms with Crippen LogP contribution in [0.4, 0.5) is 0 Å². The number of hydrogen-bond acceptors (Lipinski definition) is 3. The van der Waals surface area contributed by atoms with Crippen LogP contribution in [0.1, 0.15) is 69.4 Å². The molecule has 2 aromatic heterocycles. The Balaban J connectivity index is 2.45. The number of nitrogens with zero attached hydrogens (tertiary/aromatic N) is 4. The molecule has 0 saturated heterocycles. The predicted molar refractivity (Wildman–Crippen MR) is 76.3 cm³/mol. The van der Waals surface area contributed by atoms with Crippen LogP contribution < -0.4 is 0 Å². The van der Waals surface area contributed by atoms with Crippen LogP contribution in [0, 0.1) is 0 Å². The summed E-state index contributed by atoms with van der Waals surface area (Å²) in [6.45, 7) is 11.0. The lowest BCUT2D eigenvalue weighted by molar-refractivity contribution is 0.579. The lowest BCUT2D eigenvalue weighted by atomic mass is 10.00. The zero-order valence-electron chi connectivity index (χ0n) is 12.3. The van der Waals surface area contributed by atoms with Crippen molar-refractivity contribution in [1.82, 2.24) is 19.7 Å². The van der Waals surface area contributed by atoms with E-state index >= 15 is 0 Å². The van der Waals surface area contributed by atoms with Gasteiger partial charge in [0.05, 0.1) is 24.3 Å². The molecule has 0 saturated carbocycles. The number of rotatable bonds is 4. The highest BCUT2D eigenvalue weighted by atomic mass is 15.1. The van der Waals surface area contributed by atoms with E-state index in [1.807, 2.05) is 18.6 Å². The highest BCUT2D eigenvalue weighted by molar-refractivity contribution is 5.24. The Hall–Kier alpha value is -1.71. The van der Waals surface area contributed by atoms with Crippen molar-refractivity contribution in [2.75, 3.05) is 0 Å². The van der Waals surface area contributed by atoms with Crippen LogP contribution in [0.15, 0.2) is 24.8 Å². The number of aromatic nitrogens is 4. The minimum absolute atomic E-state index is 0.230. The van der Waals surface area contributed by atoms with Crippen LogP contribution in [0.3, 0.4) is 0 Å². The van der Waals surface area contributed by atoms with E-state index in [9.17, 15) is 0 Å². The van der Waals surface area contributed by atoms with E-state index in [-0.39, 0.29) is 6.04 Å². The molecule has 0 spiro atoms. The van der Waals surface area contributed by atoms with Gasteiger partial charge in [0, 0.05) is 11.9 Å². The van der Waals surface area contributed by atoms with E-state index in [0.29, 0.717) is 11.8 Å². The molecule has 0 radical (unpaired) electrons. The largest absolute Gasteiger partial charge is 0.327 e. The first-order valence-corrected chi connectivity index (χ1v) is 6.85. The highest BCUT2D eigenvalue weighted by Crippen LogP contribution is 2.29. The SMILES string of the molecule is CC(C)c1ncn(C(C)c2ccnnc2)c1C(C)C. The monoisotopic (exact) mass is 258 g/mol. The molecule has 1 unspecified atom stereocenters.